The maximum atomic E-state index is 11.5. The summed E-state index contributed by atoms with van der Waals surface area (Å²) >= 11 is 8.79. The number of halogens is 2. The van der Waals surface area contributed by atoms with Crippen LogP contribution in [0.3, 0.4) is 0 Å². The Balaban J connectivity index is 2.75. The van der Waals surface area contributed by atoms with Gasteiger partial charge in [-0.1, -0.05) is 15.9 Å². The minimum Gasteiger partial charge on any atom is -0.309 e. The molecule has 0 bridgehead atoms. The van der Waals surface area contributed by atoms with Crippen LogP contribution in [0.2, 0.25) is 5.28 Å². The normalized spacial score (nSPS) is 11.1. The zero-order chi connectivity index (χ0) is 10.8. The first-order chi connectivity index (χ1) is 6.39. The fourth-order valence-corrected chi connectivity index (χ4v) is 0.916. The molecular weight excluding hydrogens is 269 g/mol. The summed E-state index contributed by atoms with van der Waals surface area (Å²) in [4.78, 5) is 19.0. The van der Waals surface area contributed by atoms with E-state index in [0.717, 1.165) is 0 Å². The van der Waals surface area contributed by atoms with Crippen molar-refractivity contribution in [2.24, 2.45) is 0 Å². The van der Waals surface area contributed by atoms with Gasteiger partial charge in [-0.3, -0.25) is 4.79 Å². The molecule has 0 radical (unpaired) electrons. The summed E-state index contributed by atoms with van der Waals surface area (Å²) < 4.78 is -0.634. The van der Waals surface area contributed by atoms with Crippen LogP contribution in [0.4, 0.5) is 5.82 Å². The maximum Gasteiger partial charge on any atom is 0.241 e. The van der Waals surface area contributed by atoms with E-state index in [1.807, 2.05) is 0 Å². The van der Waals surface area contributed by atoms with Crippen LogP contribution in [-0.4, -0.2) is 20.2 Å². The summed E-state index contributed by atoms with van der Waals surface area (Å²) in [5, 5.41) is 2.71. The Morgan fingerprint density at radius 1 is 1.64 bits per heavy atom. The van der Waals surface area contributed by atoms with Gasteiger partial charge in [0.15, 0.2) is 0 Å². The lowest BCUT2D eigenvalue weighted by Gasteiger charge is -2.14. The third-order valence-corrected chi connectivity index (χ3v) is 1.95. The molecule has 0 fully saturated rings. The largest absolute Gasteiger partial charge is 0.309 e. The molecule has 0 atom stereocenters. The number of amides is 1. The molecule has 0 aliphatic carbocycles. The molecular formula is C8H9BrClN3O. The van der Waals surface area contributed by atoms with Crippen molar-refractivity contribution in [3.63, 3.8) is 0 Å². The van der Waals surface area contributed by atoms with Crippen LogP contribution in [0.5, 0.6) is 0 Å². The lowest BCUT2D eigenvalue weighted by atomic mass is 10.2. The van der Waals surface area contributed by atoms with E-state index in [9.17, 15) is 4.79 Å². The Morgan fingerprint density at radius 3 is 2.79 bits per heavy atom. The molecule has 76 valence electrons. The standard InChI is InChI=1S/C8H9BrClN3O/c1-8(2,9)6(14)12-5-3-4-11-7(10)13-5/h3-4H,1-2H3,(H,11,12,13,14). The van der Waals surface area contributed by atoms with E-state index in [-0.39, 0.29) is 11.2 Å². The number of rotatable bonds is 2. The molecule has 1 heterocycles. The number of hydrogen-bond donors (Lipinski definition) is 1. The Hall–Kier alpha value is -0.680. The molecule has 0 spiro atoms. The first kappa shape index (κ1) is 11.4. The smallest absolute Gasteiger partial charge is 0.241 e. The summed E-state index contributed by atoms with van der Waals surface area (Å²) in [6.45, 7) is 3.48. The molecule has 1 rings (SSSR count). The van der Waals surface area contributed by atoms with Gasteiger partial charge in [-0.05, 0) is 31.5 Å². The predicted octanol–water partition coefficient (Wildman–Crippen LogP) is 2.24. The van der Waals surface area contributed by atoms with E-state index in [1.165, 1.54) is 6.20 Å². The van der Waals surface area contributed by atoms with E-state index in [1.54, 1.807) is 19.9 Å². The van der Waals surface area contributed by atoms with Crippen LogP contribution < -0.4 is 5.32 Å². The molecule has 0 unspecified atom stereocenters. The van der Waals surface area contributed by atoms with Crippen molar-refractivity contribution in [1.29, 1.82) is 0 Å². The topological polar surface area (TPSA) is 54.9 Å². The van der Waals surface area contributed by atoms with Gasteiger partial charge in [-0.25, -0.2) is 9.97 Å². The molecule has 1 amide bonds. The first-order valence-electron chi connectivity index (χ1n) is 3.88. The van der Waals surface area contributed by atoms with Gasteiger partial charge in [0.05, 0.1) is 4.32 Å². The number of hydrogen-bond acceptors (Lipinski definition) is 3. The summed E-state index contributed by atoms with van der Waals surface area (Å²) in [6.07, 6.45) is 1.48. The van der Waals surface area contributed by atoms with Gasteiger partial charge in [-0.2, -0.15) is 0 Å². The van der Waals surface area contributed by atoms with E-state index in [4.69, 9.17) is 11.6 Å². The third kappa shape index (κ3) is 3.23. The summed E-state index contributed by atoms with van der Waals surface area (Å²) in [6, 6.07) is 1.57. The van der Waals surface area contributed by atoms with E-state index < -0.39 is 4.32 Å². The van der Waals surface area contributed by atoms with Gasteiger partial charge in [0, 0.05) is 6.20 Å². The number of carbonyl (C=O) groups is 1. The molecule has 4 nitrogen and oxygen atoms in total. The summed E-state index contributed by atoms with van der Waals surface area (Å²) in [5.74, 6) is 0.204. The summed E-state index contributed by atoms with van der Waals surface area (Å²) in [5.41, 5.74) is 0. The minimum absolute atomic E-state index is 0.107. The summed E-state index contributed by atoms with van der Waals surface area (Å²) in [7, 11) is 0. The second-order valence-corrected chi connectivity index (χ2v) is 5.46. The molecule has 6 heteroatoms. The van der Waals surface area contributed by atoms with Crippen molar-refractivity contribution in [3.05, 3.63) is 17.5 Å². The van der Waals surface area contributed by atoms with Crippen molar-refractivity contribution in [2.75, 3.05) is 5.32 Å². The molecule has 0 saturated carbocycles. The second-order valence-electron chi connectivity index (χ2n) is 3.14. The number of carbonyl (C=O) groups excluding carboxylic acids is 1. The SMILES string of the molecule is CC(C)(Br)C(=O)Nc1ccnc(Cl)n1. The van der Waals surface area contributed by atoms with Crippen molar-refractivity contribution in [1.82, 2.24) is 9.97 Å². The molecule has 0 aliphatic heterocycles. The van der Waals surface area contributed by atoms with E-state index in [0.29, 0.717) is 5.82 Å². The molecule has 0 saturated heterocycles. The first-order valence-corrected chi connectivity index (χ1v) is 5.05. The lowest BCUT2D eigenvalue weighted by molar-refractivity contribution is -0.117. The van der Waals surface area contributed by atoms with Crippen LogP contribution >= 0.6 is 27.5 Å². The van der Waals surface area contributed by atoms with E-state index >= 15 is 0 Å². The highest BCUT2D eigenvalue weighted by molar-refractivity contribution is 9.10. The van der Waals surface area contributed by atoms with E-state index in [2.05, 4.69) is 31.2 Å². The Labute approximate surface area is 95.2 Å². The number of nitrogens with zero attached hydrogens (tertiary/aromatic N) is 2. The molecule has 1 N–H and O–H groups in total. The van der Waals surface area contributed by atoms with Gasteiger partial charge >= 0.3 is 0 Å². The highest BCUT2D eigenvalue weighted by Crippen LogP contribution is 2.18. The number of anilines is 1. The maximum absolute atomic E-state index is 11.5. The second kappa shape index (κ2) is 4.23. The molecule has 1 aromatic heterocycles. The van der Waals surface area contributed by atoms with Gasteiger partial charge in [-0.15, -0.1) is 0 Å². The molecule has 1 aromatic rings. The van der Waals surface area contributed by atoms with Gasteiger partial charge in [0.2, 0.25) is 11.2 Å². The average Bonchev–Trinajstić information content (AvgIpc) is 2.02. The van der Waals surface area contributed by atoms with Crippen molar-refractivity contribution >= 4 is 39.3 Å². The fourth-order valence-electron chi connectivity index (χ4n) is 0.669. The average molecular weight is 279 g/mol. The van der Waals surface area contributed by atoms with Crippen LogP contribution in [-0.2, 0) is 4.79 Å². The minimum atomic E-state index is -0.634. The zero-order valence-corrected chi connectivity index (χ0v) is 10.1. The van der Waals surface area contributed by atoms with Gasteiger partial charge < -0.3 is 5.32 Å². The van der Waals surface area contributed by atoms with Crippen molar-refractivity contribution < 1.29 is 4.79 Å². The Kier molecular flexibility index (Phi) is 3.44. The quantitative estimate of drug-likeness (QED) is 0.667. The van der Waals surface area contributed by atoms with Gasteiger partial charge in [0.25, 0.3) is 0 Å². The number of alkyl halides is 1. The number of aromatic nitrogens is 2. The molecule has 0 aromatic carbocycles. The monoisotopic (exact) mass is 277 g/mol. The third-order valence-electron chi connectivity index (χ3n) is 1.41. The molecule has 14 heavy (non-hydrogen) atoms. The Morgan fingerprint density at radius 2 is 2.29 bits per heavy atom. The van der Waals surface area contributed by atoms with Gasteiger partial charge in [0.1, 0.15) is 5.82 Å². The highest BCUT2D eigenvalue weighted by atomic mass is 79.9. The lowest BCUT2D eigenvalue weighted by Crippen LogP contribution is -2.31. The van der Waals surface area contributed by atoms with Crippen LogP contribution in [0.25, 0.3) is 0 Å². The predicted molar refractivity (Wildman–Crippen MR) is 58.7 cm³/mol. The highest BCUT2D eigenvalue weighted by Gasteiger charge is 2.23. The fraction of sp³-hybridized carbons (Fsp3) is 0.375. The van der Waals surface area contributed by atoms with Crippen LogP contribution in [0, 0.1) is 0 Å². The number of nitrogens with one attached hydrogen (secondary N) is 1. The van der Waals surface area contributed by atoms with Crippen molar-refractivity contribution in [3.8, 4) is 0 Å². The van der Waals surface area contributed by atoms with Crippen LogP contribution in [0.15, 0.2) is 12.3 Å². The molecule has 0 aliphatic rings. The van der Waals surface area contributed by atoms with Crippen LogP contribution in [0.1, 0.15) is 13.8 Å². The van der Waals surface area contributed by atoms with Crippen molar-refractivity contribution in [2.45, 2.75) is 18.2 Å². The Bertz CT molecular complexity index is 351. The zero-order valence-electron chi connectivity index (χ0n) is 7.71.